The van der Waals surface area contributed by atoms with Crippen molar-refractivity contribution in [1.82, 2.24) is 15.0 Å². The SMILES string of the molecule is Cc1cccc(C(Cc2ccc(NC(=O)C3CCOCC3)nc2)c2cnc[nH]2)c1C. The van der Waals surface area contributed by atoms with E-state index >= 15 is 0 Å². The summed E-state index contributed by atoms with van der Waals surface area (Å²) >= 11 is 0. The fourth-order valence-corrected chi connectivity index (χ4v) is 4.04. The van der Waals surface area contributed by atoms with Crippen molar-refractivity contribution in [2.45, 2.75) is 39.0 Å². The van der Waals surface area contributed by atoms with Gasteiger partial charge in [-0.1, -0.05) is 24.3 Å². The van der Waals surface area contributed by atoms with Crippen LogP contribution in [0.25, 0.3) is 0 Å². The van der Waals surface area contributed by atoms with Crippen LogP contribution in [0.2, 0.25) is 0 Å². The van der Waals surface area contributed by atoms with Gasteiger partial charge in [0.15, 0.2) is 0 Å². The molecule has 0 saturated carbocycles. The Morgan fingerprint density at radius 2 is 2.03 bits per heavy atom. The largest absolute Gasteiger partial charge is 0.381 e. The van der Waals surface area contributed by atoms with Gasteiger partial charge >= 0.3 is 0 Å². The van der Waals surface area contributed by atoms with Crippen LogP contribution < -0.4 is 5.32 Å². The van der Waals surface area contributed by atoms with Gasteiger partial charge in [0.05, 0.1) is 6.33 Å². The molecule has 6 nitrogen and oxygen atoms in total. The molecule has 0 bridgehead atoms. The Balaban J connectivity index is 1.50. The van der Waals surface area contributed by atoms with Crippen LogP contribution in [0.15, 0.2) is 49.1 Å². The van der Waals surface area contributed by atoms with Crippen LogP contribution in [0.5, 0.6) is 0 Å². The number of pyridine rings is 1. The van der Waals surface area contributed by atoms with Crippen LogP contribution in [0.4, 0.5) is 5.82 Å². The predicted molar refractivity (Wildman–Crippen MR) is 116 cm³/mol. The van der Waals surface area contributed by atoms with Gasteiger partial charge in [-0.05, 0) is 61.4 Å². The van der Waals surface area contributed by atoms with Crippen LogP contribution in [0, 0.1) is 19.8 Å². The van der Waals surface area contributed by atoms with E-state index in [4.69, 9.17) is 4.74 Å². The molecule has 2 N–H and O–H groups in total. The third kappa shape index (κ3) is 4.60. The average Bonchev–Trinajstić information content (AvgIpc) is 3.31. The van der Waals surface area contributed by atoms with Crippen LogP contribution in [0.1, 0.15) is 46.7 Å². The number of nitrogens with one attached hydrogen (secondary N) is 2. The molecule has 1 aliphatic heterocycles. The molecule has 1 atom stereocenters. The highest BCUT2D eigenvalue weighted by Gasteiger charge is 2.22. The first kappa shape index (κ1) is 20.3. The highest BCUT2D eigenvalue weighted by Crippen LogP contribution is 2.30. The van der Waals surface area contributed by atoms with E-state index in [0.29, 0.717) is 19.0 Å². The molecule has 3 aromatic rings. The summed E-state index contributed by atoms with van der Waals surface area (Å²) in [7, 11) is 0. The van der Waals surface area contributed by atoms with Gasteiger partial charge in [-0.25, -0.2) is 9.97 Å². The summed E-state index contributed by atoms with van der Waals surface area (Å²) in [5.41, 5.74) is 6.06. The van der Waals surface area contributed by atoms with Crippen molar-refractivity contribution in [3.8, 4) is 0 Å². The summed E-state index contributed by atoms with van der Waals surface area (Å²) < 4.78 is 5.33. The van der Waals surface area contributed by atoms with Crippen LogP contribution >= 0.6 is 0 Å². The molecule has 0 aliphatic carbocycles. The number of carbonyl (C=O) groups is 1. The summed E-state index contributed by atoms with van der Waals surface area (Å²) in [6.45, 7) is 5.61. The molecule has 1 unspecified atom stereocenters. The average molecular weight is 405 g/mol. The third-order valence-corrected chi connectivity index (χ3v) is 6.02. The van der Waals surface area contributed by atoms with E-state index in [9.17, 15) is 4.79 Å². The first-order chi connectivity index (χ1) is 14.6. The van der Waals surface area contributed by atoms with Gasteiger partial charge in [0.25, 0.3) is 0 Å². The summed E-state index contributed by atoms with van der Waals surface area (Å²) in [4.78, 5) is 24.4. The van der Waals surface area contributed by atoms with Crippen LogP contribution in [0.3, 0.4) is 0 Å². The maximum atomic E-state index is 12.4. The van der Waals surface area contributed by atoms with Gasteiger partial charge in [0.1, 0.15) is 5.82 Å². The number of hydrogen-bond acceptors (Lipinski definition) is 4. The molecule has 1 saturated heterocycles. The van der Waals surface area contributed by atoms with Crippen molar-refractivity contribution in [3.05, 3.63) is 77.0 Å². The van der Waals surface area contributed by atoms with Crippen molar-refractivity contribution in [2.75, 3.05) is 18.5 Å². The molecule has 1 aliphatic rings. The standard InChI is InChI=1S/C24H28N4O2/c1-16-4-3-5-20(17(16)2)21(22-14-25-15-27-22)12-18-6-7-23(26-13-18)28-24(29)19-8-10-30-11-9-19/h3-7,13-15,19,21H,8-12H2,1-2H3,(H,25,27)(H,26,28,29). The Bertz CT molecular complexity index is 977. The number of nitrogens with zero attached hydrogens (tertiary/aromatic N) is 2. The summed E-state index contributed by atoms with van der Waals surface area (Å²) in [5.74, 6) is 0.801. The molecule has 30 heavy (non-hydrogen) atoms. The molecule has 156 valence electrons. The summed E-state index contributed by atoms with van der Waals surface area (Å²) in [6, 6.07) is 10.4. The Morgan fingerprint density at radius 1 is 1.20 bits per heavy atom. The first-order valence-electron chi connectivity index (χ1n) is 10.5. The lowest BCUT2D eigenvalue weighted by atomic mass is 9.86. The van der Waals surface area contributed by atoms with E-state index in [1.165, 1.54) is 16.7 Å². The van der Waals surface area contributed by atoms with Crippen molar-refractivity contribution in [1.29, 1.82) is 0 Å². The van der Waals surface area contributed by atoms with Crippen molar-refractivity contribution < 1.29 is 9.53 Å². The second-order valence-corrected chi connectivity index (χ2v) is 7.98. The second-order valence-electron chi connectivity index (χ2n) is 7.98. The van der Waals surface area contributed by atoms with E-state index in [0.717, 1.165) is 30.5 Å². The molecular formula is C24H28N4O2. The number of anilines is 1. The number of H-pyrrole nitrogens is 1. The minimum atomic E-state index is 0.00859. The zero-order valence-electron chi connectivity index (χ0n) is 17.5. The molecule has 4 rings (SSSR count). The lowest BCUT2D eigenvalue weighted by molar-refractivity contribution is -0.122. The van der Waals surface area contributed by atoms with E-state index in [-0.39, 0.29) is 17.7 Å². The summed E-state index contributed by atoms with van der Waals surface area (Å²) in [5, 5.41) is 2.95. The van der Waals surface area contributed by atoms with Gasteiger partial charge in [0.2, 0.25) is 5.91 Å². The quantitative estimate of drug-likeness (QED) is 0.646. The smallest absolute Gasteiger partial charge is 0.228 e. The zero-order chi connectivity index (χ0) is 20.9. The number of benzene rings is 1. The fraction of sp³-hybridized carbons (Fsp3) is 0.375. The molecule has 3 heterocycles. The minimum Gasteiger partial charge on any atom is -0.381 e. The Kier molecular flexibility index (Phi) is 6.23. The van der Waals surface area contributed by atoms with Crippen molar-refractivity contribution >= 4 is 11.7 Å². The number of ether oxygens (including phenoxy) is 1. The predicted octanol–water partition coefficient (Wildman–Crippen LogP) is 4.16. The topological polar surface area (TPSA) is 79.9 Å². The molecule has 0 spiro atoms. The molecule has 2 aromatic heterocycles. The highest BCUT2D eigenvalue weighted by molar-refractivity contribution is 5.91. The maximum absolute atomic E-state index is 12.4. The fourth-order valence-electron chi connectivity index (χ4n) is 4.04. The molecule has 6 heteroatoms. The zero-order valence-corrected chi connectivity index (χ0v) is 17.5. The van der Waals surface area contributed by atoms with E-state index in [1.807, 2.05) is 24.5 Å². The number of aromatic amines is 1. The number of aryl methyl sites for hydroxylation is 1. The lowest BCUT2D eigenvalue weighted by Crippen LogP contribution is -2.28. The van der Waals surface area contributed by atoms with E-state index in [2.05, 4.69) is 52.3 Å². The van der Waals surface area contributed by atoms with Crippen molar-refractivity contribution in [2.24, 2.45) is 5.92 Å². The van der Waals surface area contributed by atoms with Gasteiger partial charge in [-0.2, -0.15) is 0 Å². The number of amides is 1. The highest BCUT2D eigenvalue weighted by atomic mass is 16.5. The lowest BCUT2D eigenvalue weighted by Gasteiger charge is -2.21. The number of hydrogen-bond donors (Lipinski definition) is 2. The third-order valence-electron chi connectivity index (χ3n) is 6.02. The normalized spacial score (nSPS) is 15.7. The maximum Gasteiger partial charge on any atom is 0.228 e. The van der Waals surface area contributed by atoms with Crippen LogP contribution in [-0.4, -0.2) is 34.1 Å². The minimum absolute atomic E-state index is 0.00859. The number of carbonyl (C=O) groups excluding carboxylic acids is 1. The van der Waals surface area contributed by atoms with E-state index < -0.39 is 0 Å². The molecule has 0 radical (unpaired) electrons. The monoisotopic (exact) mass is 404 g/mol. The van der Waals surface area contributed by atoms with Gasteiger partial charge in [-0.3, -0.25) is 4.79 Å². The molecular weight excluding hydrogens is 376 g/mol. The van der Waals surface area contributed by atoms with Gasteiger partial charge in [0, 0.05) is 43.1 Å². The van der Waals surface area contributed by atoms with Gasteiger partial charge in [-0.15, -0.1) is 0 Å². The van der Waals surface area contributed by atoms with Crippen LogP contribution in [-0.2, 0) is 16.0 Å². The Labute approximate surface area is 177 Å². The Hall–Kier alpha value is -2.99. The van der Waals surface area contributed by atoms with Crippen molar-refractivity contribution in [3.63, 3.8) is 0 Å². The van der Waals surface area contributed by atoms with Gasteiger partial charge < -0.3 is 15.0 Å². The van der Waals surface area contributed by atoms with E-state index in [1.54, 1.807) is 6.33 Å². The molecule has 1 amide bonds. The Morgan fingerprint density at radius 3 is 2.73 bits per heavy atom. The molecule has 1 fully saturated rings. The number of rotatable bonds is 6. The molecule has 1 aromatic carbocycles. The first-order valence-corrected chi connectivity index (χ1v) is 10.5. The number of imidazole rings is 1. The number of aromatic nitrogens is 3. The second kappa shape index (κ2) is 9.22. The summed E-state index contributed by atoms with van der Waals surface area (Å²) in [6.07, 6.45) is 7.81.